The van der Waals surface area contributed by atoms with Gasteiger partial charge in [-0.1, -0.05) is 18.2 Å². The summed E-state index contributed by atoms with van der Waals surface area (Å²) in [7, 11) is -3.40. The maximum absolute atomic E-state index is 12.5. The van der Waals surface area contributed by atoms with Crippen molar-refractivity contribution >= 4 is 28.3 Å². The average molecular weight is 376 g/mol. The highest BCUT2D eigenvalue weighted by Gasteiger charge is 2.29. The maximum Gasteiger partial charge on any atom is 0.243 e. The van der Waals surface area contributed by atoms with Gasteiger partial charge in [0.1, 0.15) is 0 Å². The van der Waals surface area contributed by atoms with Crippen molar-refractivity contribution in [3.63, 3.8) is 0 Å². The zero-order valence-corrected chi connectivity index (χ0v) is 15.5. The fraction of sp³-hybridized carbons (Fsp3) is 0.562. The third-order valence-electron chi connectivity index (χ3n) is 4.05. The molecule has 0 aliphatic carbocycles. The summed E-state index contributed by atoms with van der Waals surface area (Å²) in [6.45, 7) is 3.37. The molecule has 136 valence electrons. The van der Waals surface area contributed by atoms with Gasteiger partial charge in [-0.15, -0.1) is 12.4 Å². The number of sulfonamides is 1. The summed E-state index contributed by atoms with van der Waals surface area (Å²) in [5.41, 5.74) is 5.59. The van der Waals surface area contributed by atoms with Crippen molar-refractivity contribution in [2.45, 2.75) is 37.1 Å². The van der Waals surface area contributed by atoms with E-state index in [-0.39, 0.29) is 24.4 Å². The summed E-state index contributed by atoms with van der Waals surface area (Å²) < 4.78 is 26.6. The van der Waals surface area contributed by atoms with Crippen molar-refractivity contribution in [2.24, 2.45) is 11.7 Å². The molecule has 8 heteroatoms. The average Bonchev–Trinajstić information content (AvgIpc) is 2.53. The van der Waals surface area contributed by atoms with Crippen LogP contribution in [-0.4, -0.2) is 44.3 Å². The zero-order chi connectivity index (χ0) is 16.9. The van der Waals surface area contributed by atoms with Crippen LogP contribution in [0.2, 0.25) is 0 Å². The van der Waals surface area contributed by atoms with Crippen LogP contribution in [0.4, 0.5) is 0 Å². The van der Waals surface area contributed by atoms with Gasteiger partial charge in [-0.25, -0.2) is 8.42 Å². The second kappa shape index (κ2) is 9.36. The van der Waals surface area contributed by atoms with Crippen molar-refractivity contribution in [3.05, 3.63) is 30.3 Å². The molecule has 1 aliphatic heterocycles. The van der Waals surface area contributed by atoms with Crippen LogP contribution in [0.5, 0.6) is 0 Å². The lowest BCUT2D eigenvalue weighted by atomic mass is 9.98. The van der Waals surface area contributed by atoms with Crippen molar-refractivity contribution in [3.8, 4) is 0 Å². The predicted octanol–water partition coefficient (Wildman–Crippen LogP) is 1.36. The molecule has 0 bridgehead atoms. The number of benzene rings is 1. The molecule has 3 N–H and O–H groups in total. The molecule has 1 aromatic rings. The molecule has 1 aliphatic rings. The molecule has 24 heavy (non-hydrogen) atoms. The summed E-state index contributed by atoms with van der Waals surface area (Å²) in [5, 5.41) is 2.88. The van der Waals surface area contributed by atoms with E-state index in [0.29, 0.717) is 36.9 Å². The van der Waals surface area contributed by atoms with Gasteiger partial charge in [0.2, 0.25) is 15.9 Å². The Morgan fingerprint density at radius 1 is 1.29 bits per heavy atom. The van der Waals surface area contributed by atoms with Gasteiger partial charge in [-0.3, -0.25) is 4.79 Å². The van der Waals surface area contributed by atoms with Crippen LogP contribution in [0.3, 0.4) is 0 Å². The number of carbonyl (C=O) groups is 1. The number of rotatable bonds is 6. The molecular formula is C16H26ClN3O3S. The number of carbonyl (C=O) groups excluding carboxylic acids is 1. The van der Waals surface area contributed by atoms with Gasteiger partial charge < -0.3 is 11.1 Å². The van der Waals surface area contributed by atoms with E-state index in [9.17, 15) is 13.2 Å². The number of nitrogens with two attached hydrogens (primary N) is 1. The number of hydrogen-bond acceptors (Lipinski definition) is 4. The van der Waals surface area contributed by atoms with E-state index in [0.717, 1.165) is 12.8 Å². The van der Waals surface area contributed by atoms with Crippen molar-refractivity contribution < 1.29 is 13.2 Å². The van der Waals surface area contributed by atoms with Gasteiger partial charge in [0.15, 0.2) is 0 Å². The minimum Gasteiger partial charge on any atom is -0.356 e. The van der Waals surface area contributed by atoms with Crippen molar-refractivity contribution in [1.82, 2.24) is 9.62 Å². The number of halogens is 1. The van der Waals surface area contributed by atoms with Gasteiger partial charge >= 0.3 is 0 Å². The maximum atomic E-state index is 12.5. The Balaban J connectivity index is 0.00000288. The van der Waals surface area contributed by atoms with Crippen LogP contribution < -0.4 is 11.1 Å². The van der Waals surface area contributed by atoms with E-state index in [1.807, 2.05) is 0 Å². The van der Waals surface area contributed by atoms with Crippen molar-refractivity contribution in [2.75, 3.05) is 19.6 Å². The van der Waals surface area contributed by atoms with Gasteiger partial charge in [0, 0.05) is 32.1 Å². The second-order valence-electron chi connectivity index (χ2n) is 6.15. The standard InChI is InChI=1S/C16H25N3O3S.ClH/c1-13(17)11-16(20)18-12-14-7-9-19(10-8-14)23(21,22)15-5-3-2-4-6-15;/h2-6,13-14H,7-12,17H2,1H3,(H,18,20);1H. The molecule has 0 saturated carbocycles. The zero-order valence-electron chi connectivity index (χ0n) is 13.8. The third-order valence-corrected chi connectivity index (χ3v) is 5.96. The number of nitrogens with one attached hydrogen (secondary N) is 1. The van der Waals surface area contributed by atoms with Crippen LogP contribution >= 0.6 is 12.4 Å². The molecule has 1 fully saturated rings. The van der Waals surface area contributed by atoms with Crippen molar-refractivity contribution in [1.29, 1.82) is 0 Å². The molecule has 1 unspecified atom stereocenters. The highest BCUT2D eigenvalue weighted by Crippen LogP contribution is 2.23. The molecule has 2 rings (SSSR count). The van der Waals surface area contributed by atoms with Crippen LogP contribution in [-0.2, 0) is 14.8 Å². The van der Waals surface area contributed by atoms with E-state index < -0.39 is 10.0 Å². The first-order chi connectivity index (χ1) is 10.9. The largest absolute Gasteiger partial charge is 0.356 e. The van der Waals surface area contributed by atoms with E-state index in [2.05, 4.69) is 5.32 Å². The fourth-order valence-electron chi connectivity index (χ4n) is 2.72. The Hall–Kier alpha value is -1.15. The minimum absolute atomic E-state index is 0. The molecule has 0 aromatic heterocycles. The van der Waals surface area contributed by atoms with Crippen LogP contribution in [0.1, 0.15) is 26.2 Å². The Bertz CT molecular complexity index is 615. The smallest absolute Gasteiger partial charge is 0.243 e. The lowest BCUT2D eigenvalue weighted by molar-refractivity contribution is -0.121. The van der Waals surface area contributed by atoms with Gasteiger partial charge in [-0.05, 0) is 37.8 Å². The molecule has 1 saturated heterocycles. The first kappa shape index (κ1) is 20.9. The Morgan fingerprint density at radius 3 is 2.42 bits per heavy atom. The topological polar surface area (TPSA) is 92.5 Å². The first-order valence-electron chi connectivity index (χ1n) is 7.97. The number of amides is 1. The molecule has 1 heterocycles. The number of nitrogens with zero attached hydrogens (tertiary/aromatic N) is 1. The highest BCUT2D eigenvalue weighted by molar-refractivity contribution is 7.89. The van der Waals surface area contributed by atoms with Gasteiger partial charge in [-0.2, -0.15) is 4.31 Å². The quantitative estimate of drug-likeness (QED) is 0.785. The summed E-state index contributed by atoms with van der Waals surface area (Å²) in [4.78, 5) is 11.9. The van der Waals surface area contributed by atoms with E-state index >= 15 is 0 Å². The third kappa shape index (κ3) is 5.73. The molecule has 6 nitrogen and oxygen atoms in total. The molecule has 1 atom stereocenters. The van der Waals surface area contributed by atoms with Crippen LogP contribution in [0, 0.1) is 5.92 Å². The SMILES string of the molecule is CC(N)CC(=O)NCC1CCN(S(=O)(=O)c2ccccc2)CC1.Cl. The van der Waals surface area contributed by atoms with Crippen LogP contribution in [0.25, 0.3) is 0 Å². The minimum atomic E-state index is -3.40. The lowest BCUT2D eigenvalue weighted by Crippen LogP contribution is -2.42. The molecular weight excluding hydrogens is 350 g/mol. The van der Waals surface area contributed by atoms with E-state index in [1.54, 1.807) is 37.3 Å². The summed E-state index contributed by atoms with van der Waals surface area (Å²) >= 11 is 0. The summed E-state index contributed by atoms with van der Waals surface area (Å²) in [6, 6.07) is 8.36. The lowest BCUT2D eigenvalue weighted by Gasteiger charge is -2.31. The normalized spacial score (nSPS) is 17.8. The number of hydrogen-bond donors (Lipinski definition) is 2. The Morgan fingerprint density at radius 2 is 1.88 bits per heavy atom. The summed E-state index contributed by atoms with van der Waals surface area (Å²) in [5.74, 6) is 0.272. The monoisotopic (exact) mass is 375 g/mol. The molecule has 0 radical (unpaired) electrons. The van der Waals surface area contributed by atoms with E-state index in [1.165, 1.54) is 4.31 Å². The highest BCUT2D eigenvalue weighted by atomic mass is 35.5. The molecule has 0 spiro atoms. The van der Waals surface area contributed by atoms with E-state index in [4.69, 9.17) is 5.73 Å². The van der Waals surface area contributed by atoms with Gasteiger partial charge in [0.25, 0.3) is 0 Å². The second-order valence-corrected chi connectivity index (χ2v) is 8.08. The Kier molecular flexibility index (Phi) is 8.15. The number of piperidine rings is 1. The first-order valence-corrected chi connectivity index (χ1v) is 9.41. The Labute approximate surface area is 150 Å². The summed E-state index contributed by atoms with van der Waals surface area (Å²) in [6.07, 6.45) is 1.83. The molecule has 1 aromatic carbocycles. The van der Waals surface area contributed by atoms with Gasteiger partial charge in [0.05, 0.1) is 4.90 Å². The predicted molar refractivity (Wildman–Crippen MR) is 96.4 cm³/mol. The fourth-order valence-corrected chi connectivity index (χ4v) is 4.21. The molecule has 1 amide bonds. The van der Waals surface area contributed by atoms with Crippen LogP contribution in [0.15, 0.2) is 35.2 Å².